The molecular formula is C90H130ClN17O8S7. The fourth-order valence-electron chi connectivity index (χ4n) is 9.73. The van der Waals surface area contributed by atoms with E-state index in [0.29, 0.717) is 31.3 Å². The summed E-state index contributed by atoms with van der Waals surface area (Å²) in [5, 5.41) is 45.2. The molecule has 123 heavy (non-hydrogen) atoms. The lowest BCUT2D eigenvalue weighted by atomic mass is 9.92. The average molecular weight is 1840 g/mol. The molecule has 0 aliphatic rings. The predicted molar refractivity (Wildman–Crippen MR) is 510 cm³/mol. The third-order valence-corrected chi connectivity index (χ3v) is 25.3. The van der Waals surface area contributed by atoms with Gasteiger partial charge in [-0.15, -0.1) is 68.4 Å². The topological polar surface area (TPSA) is 306 Å². The number of sulfone groups is 1. The summed E-state index contributed by atoms with van der Waals surface area (Å²) >= 11 is 14.5. The van der Waals surface area contributed by atoms with Crippen LogP contribution in [-0.4, -0.2) is 139 Å². The maximum Gasteiger partial charge on any atom is 0.348 e. The molecule has 1 aromatic carbocycles. The first kappa shape index (κ1) is 111. The van der Waals surface area contributed by atoms with Crippen molar-refractivity contribution < 1.29 is 37.0 Å². The fraction of sp³-hybridized carbons (Fsp3) is 0.444. The van der Waals surface area contributed by atoms with Crippen LogP contribution in [0, 0.1) is 136 Å². The van der Waals surface area contributed by atoms with Gasteiger partial charge in [-0.1, -0.05) is 73.1 Å². The Bertz CT molecular complexity index is 5240. The molecule has 672 valence electrons. The lowest BCUT2D eigenvalue weighted by Crippen LogP contribution is -2.11. The number of thiophene rings is 3. The molecule has 13 aromatic rings. The molecule has 0 spiro atoms. The highest BCUT2D eigenvalue weighted by atomic mass is 35.5. The zero-order valence-electron chi connectivity index (χ0n) is 78.9. The Morgan fingerprint density at radius 3 is 1.32 bits per heavy atom. The number of carbonyl (C=O) groups excluding carboxylic acids is 3. The maximum absolute atomic E-state index is 11.3. The number of hydrogen-bond acceptors (Lipinski definition) is 25. The summed E-state index contributed by atoms with van der Waals surface area (Å²) in [7, 11) is 10.5. The summed E-state index contributed by atoms with van der Waals surface area (Å²) in [4.78, 5) is 52.8. The van der Waals surface area contributed by atoms with Crippen LogP contribution in [0.4, 0.5) is 0 Å². The van der Waals surface area contributed by atoms with Crippen molar-refractivity contribution >= 4 is 108 Å². The van der Waals surface area contributed by atoms with Crippen molar-refractivity contribution in [3.63, 3.8) is 0 Å². The number of thioether (sulfide) groups is 1. The molecular weight excluding hydrogens is 1710 g/mol. The number of nitrogens with one attached hydrogen (secondary N) is 1. The van der Waals surface area contributed by atoms with Gasteiger partial charge in [-0.05, 0) is 238 Å². The second-order valence-electron chi connectivity index (χ2n) is 30.1. The van der Waals surface area contributed by atoms with Crippen LogP contribution in [0.15, 0.2) is 111 Å². The van der Waals surface area contributed by atoms with Gasteiger partial charge in [-0.25, -0.2) is 42.7 Å². The zero-order chi connectivity index (χ0) is 94.1. The van der Waals surface area contributed by atoms with Crippen LogP contribution < -0.4 is 0 Å². The second kappa shape index (κ2) is 54.9. The minimum Gasteiger partial charge on any atom is -0.465 e. The van der Waals surface area contributed by atoms with Crippen LogP contribution in [0.2, 0.25) is 5.02 Å². The number of H-pyrrole nitrogens is 1. The third-order valence-electron chi connectivity index (χ3n) is 17.5. The Labute approximate surface area is 760 Å². The van der Waals surface area contributed by atoms with E-state index in [1.165, 1.54) is 128 Å². The molecule has 33 heteroatoms. The van der Waals surface area contributed by atoms with Crippen molar-refractivity contribution in [2.75, 3.05) is 33.8 Å². The van der Waals surface area contributed by atoms with Crippen LogP contribution in [0.5, 0.6) is 0 Å². The number of nitriles is 1. The van der Waals surface area contributed by atoms with Gasteiger partial charge in [0.05, 0.1) is 85.9 Å². The minimum absolute atomic E-state index is 0.171. The molecule has 0 aliphatic carbocycles. The smallest absolute Gasteiger partial charge is 0.348 e. The molecule has 25 nitrogen and oxygen atoms in total. The minimum atomic E-state index is -3.25. The number of ether oxygens (including phenoxy) is 3. The molecule has 0 atom stereocenters. The van der Waals surface area contributed by atoms with Gasteiger partial charge in [0.1, 0.15) is 26.5 Å². The summed E-state index contributed by atoms with van der Waals surface area (Å²) in [6.45, 7) is 52.9. The van der Waals surface area contributed by atoms with Crippen LogP contribution in [0.3, 0.4) is 0 Å². The van der Waals surface area contributed by atoms with E-state index in [2.05, 4.69) is 195 Å². The molecule has 12 heterocycles. The SMILES string of the molecule is CCc1cc(C)n(C)n1.CCc1cc(C)nn1C.COC(=O)c1sc(SC)c(C#N)c1C.COC(=O)c1scc(S(C)(=O)=O)c1C.COC(=O)c1sccc1C.Cc1cc(C(C)(C)C)n[nH]1.Cc1cc(C)n(C)n1.Cc1cc(C)n(C)n1.Cc1ccc(Cl)cc1C.Cc1ccnn1C.Cc1nc(C(C)(C)C)cs1.Cc1nc(C)c(C)s1.Cc1ncccn1. The molecule has 0 saturated heterocycles. The quantitative estimate of drug-likeness (QED) is 0.0880. The van der Waals surface area contributed by atoms with E-state index < -0.39 is 15.8 Å². The first-order chi connectivity index (χ1) is 57.2. The molecule has 0 fully saturated rings. The average Bonchev–Trinajstić information content (AvgIpc) is 1.67. The van der Waals surface area contributed by atoms with Crippen molar-refractivity contribution in [1.29, 1.82) is 5.26 Å². The number of benzene rings is 1. The van der Waals surface area contributed by atoms with Crippen molar-refractivity contribution in [2.24, 2.45) is 35.2 Å². The second-order valence-corrected chi connectivity index (χ2v) is 38.8. The molecule has 0 radical (unpaired) electrons. The first-order valence-electron chi connectivity index (χ1n) is 39.1. The van der Waals surface area contributed by atoms with Gasteiger partial charge in [0, 0.05) is 126 Å². The summed E-state index contributed by atoms with van der Waals surface area (Å²) in [6, 6.07) is 24.1. The normalized spacial score (nSPS) is 10.2. The highest BCUT2D eigenvalue weighted by Gasteiger charge is 2.22. The molecule has 12 aromatic heterocycles. The number of nitrogens with zero attached hydrogens (tertiary/aromatic N) is 16. The molecule has 0 amide bonds. The van der Waals surface area contributed by atoms with Gasteiger partial charge in [0.15, 0.2) is 9.84 Å². The number of halogens is 1. The van der Waals surface area contributed by atoms with E-state index in [1.807, 2.05) is 184 Å². The summed E-state index contributed by atoms with van der Waals surface area (Å²) < 4.78 is 46.4. The van der Waals surface area contributed by atoms with Crippen LogP contribution >= 0.6 is 80.0 Å². The van der Waals surface area contributed by atoms with Crippen molar-refractivity contribution in [2.45, 2.75) is 213 Å². The lowest BCUT2D eigenvalue weighted by Gasteiger charge is -2.13. The van der Waals surface area contributed by atoms with Gasteiger partial charge in [0.2, 0.25) is 0 Å². The molecule has 13 rings (SSSR count). The number of aromatic amines is 1. The van der Waals surface area contributed by atoms with Crippen molar-refractivity contribution in [1.82, 2.24) is 79.0 Å². The number of thiazole rings is 2. The van der Waals surface area contributed by atoms with E-state index >= 15 is 0 Å². The Morgan fingerprint density at radius 2 is 1.07 bits per heavy atom. The van der Waals surface area contributed by atoms with Crippen LogP contribution in [0.1, 0.15) is 213 Å². The fourth-order valence-corrected chi connectivity index (χ4v) is 16.8. The predicted octanol–water partition coefficient (Wildman–Crippen LogP) is 21.5. The van der Waals surface area contributed by atoms with Gasteiger partial charge in [-0.2, -0.15) is 35.9 Å². The van der Waals surface area contributed by atoms with E-state index in [-0.39, 0.29) is 27.7 Å². The molecule has 1 N–H and O–H groups in total. The van der Waals surface area contributed by atoms with Gasteiger partial charge >= 0.3 is 17.9 Å². The first-order valence-corrected chi connectivity index (χ1v) is 46.9. The molecule has 0 saturated carbocycles. The number of hydrogen-bond donors (Lipinski definition) is 1. The Kier molecular flexibility index (Phi) is 49.7. The number of methoxy groups -OCH3 is 3. The monoisotopic (exact) mass is 1840 g/mol. The summed E-state index contributed by atoms with van der Waals surface area (Å²) in [6.07, 6.45) is 10.3. The van der Waals surface area contributed by atoms with E-state index in [4.69, 9.17) is 16.9 Å². The third kappa shape index (κ3) is 41.2. The summed E-state index contributed by atoms with van der Waals surface area (Å²) in [5.41, 5.74) is 20.9. The van der Waals surface area contributed by atoms with Gasteiger partial charge < -0.3 is 14.2 Å². The Morgan fingerprint density at radius 1 is 0.545 bits per heavy atom. The van der Waals surface area contributed by atoms with Crippen LogP contribution in [0.25, 0.3) is 0 Å². The highest BCUT2D eigenvalue weighted by molar-refractivity contribution is 8.00. The Hall–Kier alpha value is -9.59. The number of esters is 3. The van der Waals surface area contributed by atoms with Crippen molar-refractivity contribution in [3.8, 4) is 6.07 Å². The standard InChI is InChI=1S/C9H9NO2S2.C8H9Cl.C8H14N2.C8H13NS.C8H10O4S2.2C7H12N2.C7H8O2S.2C6H10N2.C6H9NS.C5H8N2.C5H6N2/c1-5-6(4-10)9(13-3)14-7(5)8(11)12-2;1-6-3-4-8(9)5-7(6)2;1-6-5-7(10-9-6)8(2,3)4;1-6-9-7(5-10-6)8(2,3)4;1-5-6(14(3,10)11)4-13-7(5)8(9)12-2;1-4-7-5-6(2)9(3)8-7;1-4-7-5-6(2)8-9(7)3;1-5-3-4-10-6(5)7(8)9-2;2*1-5-4-6(2)8(3)7-5;1-4-5(2)8-6(3)7-4;1-5-3-4-6-7(5)2;1-5-6-3-2-4-7-5/h1-3H3;3-5H,1-2H3;5H,1-4H3,(H,9,10);5H,1-4H3;4H,1-3H3;2*5H,4H2,1-3H3;3-4H,1-2H3;2*4H,1-3H3;1-3H3;3-4H,1-2H3;2-4H,1H3. The largest absolute Gasteiger partial charge is 0.465 e. The summed E-state index contributed by atoms with van der Waals surface area (Å²) in [5.74, 6) is -0.290. The Balaban J connectivity index is 0.000000669. The molecule has 0 bridgehead atoms. The van der Waals surface area contributed by atoms with E-state index in [9.17, 15) is 22.8 Å². The zero-order valence-corrected chi connectivity index (χ0v) is 85.4. The lowest BCUT2D eigenvalue weighted by molar-refractivity contribution is 0.0596. The maximum atomic E-state index is 11.3. The van der Waals surface area contributed by atoms with Gasteiger partial charge in [0.25, 0.3) is 0 Å². The van der Waals surface area contributed by atoms with Crippen LogP contribution in [-0.2, 0) is 83.0 Å². The van der Waals surface area contributed by atoms with E-state index in [0.717, 1.165) is 84.5 Å². The molecule has 0 aliphatic heterocycles. The highest BCUT2D eigenvalue weighted by Crippen LogP contribution is 2.35. The number of aryl methyl sites for hydroxylation is 23. The van der Waals surface area contributed by atoms with Crippen molar-refractivity contribution in [3.05, 3.63) is 249 Å². The number of aromatic nitrogens is 16. The molecule has 0 unspecified atom stereocenters. The number of rotatable bonds is 7. The van der Waals surface area contributed by atoms with Gasteiger partial charge in [-0.3, -0.25) is 28.5 Å². The number of carbonyl (C=O) groups is 3. The van der Waals surface area contributed by atoms with E-state index in [1.54, 1.807) is 61.2 Å².